The van der Waals surface area contributed by atoms with Gasteiger partial charge in [-0.05, 0) is 53.0 Å². The fourth-order valence-electron chi connectivity index (χ4n) is 3.12. The topological polar surface area (TPSA) is 48.0 Å². The van der Waals surface area contributed by atoms with Gasteiger partial charge in [-0.25, -0.2) is 0 Å². The quantitative estimate of drug-likeness (QED) is 0.655. The van der Waals surface area contributed by atoms with Crippen molar-refractivity contribution in [1.29, 1.82) is 0 Å². The lowest BCUT2D eigenvalue weighted by Crippen LogP contribution is -2.31. The van der Waals surface area contributed by atoms with Crippen molar-refractivity contribution in [2.45, 2.75) is 26.3 Å². The summed E-state index contributed by atoms with van der Waals surface area (Å²) in [6.45, 7) is 4.26. The molecule has 1 aliphatic rings. The molecular formula is C21H24BrNO4. The van der Waals surface area contributed by atoms with Gasteiger partial charge in [-0.2, -0.15) is 0 Å². The molecule has 144 valence electrons. The van der Waals surface area contributed by atoms with Gasteiger partial charge in [-0.3, -0.25) is 4.79 Å². The number of hydrogen-bond acceptors (Lipinski definition) is 4. The SMILES string of the molecule is CCN(Cc1cccc2c1OCCO2)C(=O)CCc1ccc(OC)c(Br)c1. The largest absolute Gasteiger partial charge is 0.496 e. The van der Waals surface area contributed by atoms with Crippen LogP contribution in [-0.4, -0.2) is 37.7 Å². The molecule has 0 spiro atoms. The number of halogens is 1. The van der Waals surface area contributed by atoms with E-state index in [9.17, 15) is 4.79 Å². The maximum atomic E-state index is 12.7. The summed E-state index contributed by atoms with van der Waals surface area (Å²) in [4.78, 5) is 14.6. The molecule has 0 atom stereocenters. The zero-order valence-electron chi connectivity index (χ0n) is 15.7. The highest BCUT2D eigenvalue weighted by molar-refractivity contribution is 9.10. The Bertz CT molecular complexity index is 809. The molecule has 0 saturated carbocycles. The second-order valence-electron chi connectivity index (χ2n) is 6.32. The Morgan fingerprint density at radius 1 is 1.22 bits per heavy atom. The van der Waals surface area contributed by atoms with E-state index in [0.717, 1.165) is 32.8 Å². The van der Waals surface area contributed by atoms with E-state index in [1.165, 1.54) is 0 Å². The van der Waals surface area contributed by atoms with E-state index in [4.69, 9.17) is 14.2 Å². The number of ether oxygens (including phenoxy) is 3. The molecule has 27 heavy (non-hydrogen) atoms. The maximum Gasteiger partial charge on any atom is 0.223 e. The van der Waals surface area contributed by atoms with Crippen molar-refractivity contribution >= 4 is 21.8 Å². The number of rotatable bonds is 7. The van der Waals surface area contributed by atoms with Crippen LogP contribution in [0, 0.1) is 0 Å². The van der Waals surface area contributed by atoms with E-state index in [1.807, 2.05) is 48.2 Å². The van der Waals surface area contributed by atoms with Crippen LogP contribution in [0.5, 0.6) is 17.2 Å². The summed E-state index contributed by atoms with van der Waals surface area (Å²) < 4.78 is 17.5. The molecule has 0 N–H and O–H groups in total. The van der Waals surface area contributed by atoms with Gasteiger partial charge in [0.2, 0.25) is 5.91 Å². The molecule has 0 aromatic heterocycles. The average molecular weight is 434 g/mol. The lowest BCUT2D eigenvalue weighted by Gasteiger charge is -2.25. The fraction of sp³-hybridized carbons (Fsp3) is 0.381. The number of methoxy groups -OCH3 is 1. The third-order valence-corrected chi connectivity index (χ3v) is 5.21. The first-order valence-electron chi connectivity index (χ1n) is 9.10. The molecule has 3 rings (SSSR count). The van der Waals surface area contributed by atoms with E-state index in [-0.39, 0.29) is 5.91 Å². The number of carbonyl (C=O) groups excluding carboxylic acids is 1. The molecular weight excluding hydrogens is 410 g/mol. The number of para-hydroxylation sites is 1. The third-order valence-electron chi connectivity index (χ3n) is 4.59. The molecule has 2 aromatic carbocycles. The molecule has 5 nitrogen and oxygen atoms in total. The molecule has 2 aromatic rings. The molecule has 0 unspecified atom stereocenters. The van der Waals surface area contributed by atoms with Crippen molar-refractivity contribution in [3.05, 3.63) is 52.0 Å². The van der Waals surface area contributed by atoms with Crippen LogP contribution in [0.4, 0.5) is 0 Å². The van der Waals surface area contributed by atoms with E-state index in [2.05, 4.69) is 15.9 Å². The monoisotopic (exact) mass is 433 g/mol. The zero-order chi connectivity index (χ0) is 19.2. The molecule has 1 heterocycles. The Labute approximate surface area is 168 Å². The van der Waals surface area contributed by atoms with Crippen LogP contribution in [0.3, 0.4) is 0 Å². The summed E-state index contributed by atoms with van der Waals surface area (Å²) in [5.41, 5.74) is 2.08. The number of nitrogens with zero attached hydrogens (tertiary/aromatic N) is 1. The number of amides is 1. The van der Waals surface area contributed by atoms with E-state index in [0.29, 0.717) is 39.1 Å². The van der Waals surface area contributed by atoms with Gasteiger partial charge in [-0.1, -0.05) is 18.2 Å². The number of hydrogen-bond donors (Lipinski definition) is 0. The van der Waals surface area contributed by atoms with Crippen molar-refractivity contribution in [1.82, 2.24) is 4.90 Å². The van der Waals surface area contributed by atoms with Crippen molar-refractivity contribution in [3.8, 4) is 17.2 Å². The van der Waals surface area contributed by atoms with E-state index < -0.39 is 0 Å². The second-order valence-corrected chi connectivity index (χ2v) is 7.17. The molecule has 6 heteroatoms. The molecule has 0 bridgehead atoms. The summed E-state index contributed by atoms with van der Waals surface area (Å²) >= 11 is 3.49. The van der Waals surface area contributed by atoms with Gasteiger partial charge in [-0.15, -0.1) is 0 Å². The van der Waals surface area contributed by atoms with E-state index >= 15 is 0 Å². The third kappa shape index (κ3) is 4.75. The standard InChI is InChI=1S/C21H24BrNO4/c1-3-23(14-16-5-4-6-19-21(16)27-12-11-26-19)20(24)10-8-15-7-9-18(25-2)17(22)13-15/h4-7,9,13H,3,8,10-12,14H2,1-2H3. The van der Waals surface area contributed by atoms with E-state index in [1.54, 1.807) is 7.11 Å². The van der Waals surface area contributed by atoms with Crippen molar-refractivity contribution in [2.75, 3.05) is 26.9 Å². The van der Waals surface area contributed by atoms with Gasteiger partial charge < -0.3 is 19.1 Å². The van der Waals surface area contributed by atoms with Crippen LogP contribution >= 0.6 is 15.9 Å². The van der Waals surface area contributed by atoms with Gasteiger partial charge >= 0.3 is 0 Å². The molecule has 0 aliphatic carbocycles. The summed E-state index contributed by atoms with van der Waals surface area (Å²) in [6, 6.07) is 11.7. The lowest BCUT2D eigenvalue weighted by molar-refractivity contribution is -0.131. The second kappa shape index (κ2) is 9.13. The molecule has 1 aliphatic heterocycles. The van der Waals surface area contributed by atoms with Crippen LogP contribution in [0.1, 0.15) is 24.5 Å². The lowest BCUT2D eigenvalue weighted by atomic mass is 10.1. The van der Waals surface area contributed by atoms with Crippen molar-refractivity contribution in [2.24, 2.45) is 0 Å². The smallest absolute Gasteiger partial charge is 0.223 e. The average Bonchev–Trinajstić information content (AvgIpc) is 2.70. The highest BCUT2D eigenvalue weighted by Gasteiger charge is 2.19. The minimum atomic E-state index is 0.124. The molecule has 0 radical (unpaired) electrons. The predicted octanol–water partition coefficient (Wildman–Crippen LogP) is 4.21. The van der Waals surface area contributed by atoms with Gasteiger partial charge in [0.15, 0.2) is 11.5 Å². The minimum Gasteiger partial charge on any atom is -0.496 e. The van der Waals surface area contributed by atoms with Crippen molar-refractivity contribution < 1.29 is 19.0 Å². The first-order chi connectivity index (χ1) is 13.1. The first-order valence-corrected chi connectivity index (χ1v) is 9.89. The number of aryl methyl sites for hydroxylation is 1. The fourth-order valence-corrected chi connectivity index (χ4v) is 3.70. The normalized spacial score (nSPS) is 12.6. The van der Waals surface area contributed by atoms with Crippen LogP contribution < -0.4 is 14.2 Å². The summed E-state index contributed by atoms with van der Waals surface area (Å²) in [6.07, 6.45) is 1.14. The van der Waals surface area contributed by atoms with Gasteiger partial charge in [0.05, 0.1) is 11.6 Å². The Balaban J connectivity index is 1.64. The predicted molar refractivity (Wildman–Crippen MR) is 108 cm³/mol. The minimum absolute atomic E-state index is 0.124. The molecule has 0 saturated heterocycles. The summed E-state index contributed by atoms with van der Waals surface area (Å²) in [5, 5.41) is 0. The Hall–Kier alpha value is -2.21. The highest BCUT2D eigenvalue weighted by atomic mass is 79.9. The van der Waals surface area contributed by atoms with Crippen LogP contribution in [0.2, 0.25) is 0 Å². The Morgan fingerprint density at radius 3 is 2.78 bits per heavy atom. The molecule has 1 amide bonds. The number of benzene rings is 2. The zero-order valence-corrected chi connectivity index (χ0v) is 17.3. The molecule has 0 fully saturated rings. The maximum absolute atomic E-state index is 12.7. The van der Waals surface area contributed by atoms with Crippen LogP contribution in [0.25, 0.3) is 0 Å². The number of fused-ring (bicyclic) bond motifs is 1. The van der Waals surface area contributed by atoms with Crippen LogP contribution in [-0.2, 0) is 17.8 Å². The van der Waals surface area contributed by atoms with Gasteiger partial charge in [0, 0.05) is 25.1 Å². The van der Waals surface area contributed by atoms with Gasteiger partial charge in [0.25, 0.3) is 0 Å². The van der Waals surface area contributed by atoms with Crippen LogP contribution in [0.15, 0.2) is 40.9 Å². The Morgan fingerprint density at radius 2 is 2.04 bits per heavy atom. The summed E-state index contributed by atoms with van der Waals surface area (Å²) in [7, 11) is 1.64. The highest BCUT2D eigenvalue weighted by Crippen LogP contribution is 2.34. The number of carbonyl (C=O) groups is 1. The Kier molecular flexibility index (Phi) is 6.61. The van der Waals surface area contributed by atoms with Crippen molar-refractivity contribution in [3.63, 3.8) is 0 Å². The van der Waals surface area contributed by atoms with Gasteiger partial charge in [0.1, 0.15) is 19.0 Å². The first kappa shape index (κ1) is 19.5. The summed E-state index contributed by atoms with van der Waals surface area (Å²) in [5.74, 6) is 2.43.